The van der Waals surface area contributed by atoms with Gasteiger partial charge in [0.25, 0.3) is 11.8 Å². The van der Waals surface area contributed by atoms with Crippen molar-refractivity contribution >= 4 is 64.2 Å². The third kappa shape index (κ3) is 10.5. The standard InChI is InChI=1S/C19H21ClFN5O2.C16H21ClFN3O3/c20-16-7-4-14(21)10-17(16)25-8-1-9-26(25)18(27)12-24-19(28)23-11-13-2-5-15(22)6-3-13;1-16(2,3)19(15(23)24)10-14(22)21-8-4-7-20(21)13-9-11(18)5-6-12(13)17/h2-7,10H,1,8-9,11-12,22H2,(H2,23,24,28);5-6,9H,4,7-8,10H2,1-3H3,(H,23,24). The fourth-order valence-electron chi connectivity index (χ4n) is 5.55. The zero-order valence-electron chi connectivity index (χ0n) is 29.0. The van der Waals surface area contributed by atoms with Gasteiger partial charge in [-0.3, -0.25) is 34.5 Å². The number of nitrogen functional groups attached to an aromatic ring is 1. The van der Waals surface area contributed by atoms with Crippen LogP contribution in [0.5, 0.6) is 0 Å². The number of amides is 5. The first kappa shape index (κ1) is 39.8. The zero-order chi connectivity index (χ0) is 38.2. The van der Waals surface area contributed by atoms with Crippen LogP contribution < -0.4 is 26.4 Å². The van der Waals surface area contributed by atoms with Gasteiger partial charge in [0, 0.05) is 56.1 Å². The SMILES string of the molecule is CC(C)(C)N(CC(=O)N1CCCN1c1cc(F)ccc1Cl)C(=O)O.Nc1ccc(CNC(=O)NCC(=O)N2CCCN2c2cc(F)ccc2Cl)cc1. The zero-order valence-corrected chi connectivity index (χ0v) is 30.6. The summed E-state index contributed by atoms with van der Waals surface area (Å²) in [4.78, 5) is 49.6. The second kappa shape index (κ2) is 17.5. The lowest BCUT2D eigenvalue weighted by atomic mass is 10.1. The molecule has 3 aromatic rings. The summed E-state index contributed by atoms with van der Waals surface area (Å²) >= 11 is 12.3. The van der Waals surface area contributed by atoms with E-state index in [1.807, 2.05) is 12.1 Å². The normalized spacial score (nSPS) is 14.1. The Morgan fingerprint density at radius 3 is 1.77 bits per heavy atom. The number of carbonyl (C=O) groups excluding carboxylic acids is 3. The number of nitrogens with zero attached hydrogens (tertiary/aromatic N) is 5. The first-order valence-corrected chi connectivity index (χ1v) is 17.2. The number of anilines is 3. The molecule has 3 aromatic carbocycles. The number of carboxylic acid groups (broad SMARTS) is 1. The Morgan fingerprint density at radius 2 is 1.29 bits per heavy atom. The molecule has 2 fully saturated rings. The van der Waals surface area contributed by atoms with Gasteiger partial charge in [0.2, 0.25) is 0 Å². The Bertz CT molecular complexity index is 1760. The molecule has 0 unspecified atom stereocenters. The van der Waals surface area contributed by atoms with E-state index in [-0.39, 0.29) is 24.9 Å². The van der Waals surface area contributed by atoms with Gasteiger partial charge < -0.3 is 21.5 Å². The summed E-state index contributed by atoms with van der Waals surface area (Å²) in [6.45, 7) is 6.98. The smallest absolute Gasteiger partial charge is 0.408 e. The van der Waals surface area contributed by atoms with Gasteiger partial charge in [0.1, 0.15) is 24.7 Å². The minimum Gasteiger partial charge on any atom is -0.465 e. The van der Waals surface area contributed by atoms with Gasteiger partial charge in [-0.15, -0.1) is 0 Å². The molecule has 0 atom stereocenters. The van der Waals surface area contributed by atoms with Gasteiger partial charge in [0.15, 0.2) is 0 Å². The van der Waals surface area contributed by atoms with Gasteiger partial charge in [-0.05, 0) is 75.6 Å². The molecule has 2 saturated heterocycles. The van der Waals surface area contributed by atoms with Crippen molar-refractivity contribution in [3.05, 3.63) is 87.9 Å². The van der Waals surface area contributed by atoms with Gasteiger partial charge in [0.05, 0.1) is 21.4 Å². The number of rotatable bonds is 8. The van der Waals surface area contributed by atoms with E-state index < -0.39 is 29.3 Å². The number of benzene rings is 3. The quantitative estimate of drug-likeness (QED) is 0.213. The summed E-state index contributed by atoms with van der Waals surface area (Å²) in [5.41, 5.74) is 7.28. The predicted molar refractivity (Wildman–Crippen MR) is 196 cm³/mol. The number of urea groups is 1. The van der Waals surface area contributed by atoms with E-state index in [2.05, 4.69) is 10.6 Å². The van der Waals surface area contributed by atoms with E-state index in [1.54, 1.807) is 42.9 Å². The summed E-state index contributed by atoms with van der Waals surface area (Å²) in [6, 6.07) is 14.6. The molecule has 0 radical (unpaired) electrons. The van der Waals surface area contributed by atoms with Crippen molar-refractivity contribution in [1.29, 1.82) is 0 Å². The van der Waals surface area contributed by atoms with Gasteiger partial charge >= 0.3 is 12.1 Å². The van der Waals surface area contributed by atoms with Crippen LogP contribution in [0.4, 0.5) is 35.4 Å². The maximum atomic E-state index is 13.6. The maximum Gasteiger partial charge on any atom is 0.408 e. The molecule has 0 aromatic heterocycles. The Hall–Kier alpha value is -5.02. The van der Waals surface area contributed by atoms with Crippen LogP contribution in [0, 0.1) is 11.6 Å². The van der Waals surface area contributed by atoms with E-state index in [4.69, 9.17) is 28.9 Å². The third-order valence-corrected chi connectivity index (χ3v) is 8.82. The highest BCUT2D eigenvalue weighted by Crippen LogP contribution is 2.32. The molecule has 2 heterocycles. The first-order chi connectivity index (χ1) is 24.5. The molecule has 13 nitrogen and oxygen atoms in total. The number of carbonyl (C=O) groups is 4. The Morgan fingerprint density at radius 1 is 0.788 bits per heavy atom. The second-order valence-corrected chi connectivity index (χ2v) is 13.8. The molecule has 280 valence electrons. The average Bonchev–Trinajstić information content (AvgIpc) is 3.78. The molecule has 17 heteroatoms. The van der Waals surface area contributed by atoms with Crippen LogP contribution in [0.2, 0.25) is 10.0 Å². The van der Waals surface area contributed by atoms with Crippen molar-refractivity contribution in [2.45, 2.75) is 45.7 Å². The van der Waals surface area contributed by atoms with Crippen molar-refractivity contribution in [2.24, 2.45) is 0 Å². The lowest BCUT2D eigenvalue weighted by Gasteiger charge is -2.36. The van der Waals surface area contributed by atoms with Crippen LogP contribution in [-0.4, -0.2) is 88.8 Å². The minimum atomic E-state index is -1.16. The van der Waals surface area contributed by atoms with Crippen LogP contribution in [-0.2, 0) is 16.1 Å². The molecular formula is C35H42Cl2F2N8O5. The van der Waals surface area contributed by atoms with Crippen molar-refractivity contribution in [3.8, 4) is 0 Å². The lowest BCUT2D eigenvalue weighted by Crippen LogP contribution is -2.52. The minimum absolute atomic E-state index is 0.184. The third-order valence-electron chi connectivity index (χ3n) is 8.18. The highest BCUT2D eigenvalue weighted by Gasteiger charge is 2.34. The van der Waals surface area contributed by atoms with Crippen LogP contribution in [0.3, 0.4) is 0 Å². The molecule has 0 aliphatic carbocycles. The second-order valence-electron chi connectivity index (χ2n) is 13.0. The molecular weight excluding hydrogens is 721 g/mol. The fourth-order valence-corrected chi connectivity index (χ4v) is 5.98. The van der Waals surface area contributed by atoms with E-state index in [0.717, 1.165) is 16.9 Å². The average molecular weight is 764 g/mol. The van der Waals surface area contributed by atoms with E-state index in [1.165, 1.54) is 46.4 Å². The predicted octanol–water partition coefficient (Wildman–Crippen LogP) is 5.73. The number of halogens is 4. The summed E-state index contributed by atoms with van der Waals surface area (Å²) in [6.07, 6.45) is 0.258. The Labute approximate surface area is 310 Å². The number of nitrogens with one attached hydrogen (secondary N) is 2. The molecule has 2 aliphatic heterocycles. The Kier molecular flexibility index (Phi) is 13.4. The van der Waals surface area contributed by atoms with Crippen LogP contribution in [0.25, 0.3) is 0 Å². The first-order valence-electron chi connectivity index (χ1n) is 16.5. The molecule has 0 spiro atoms. The monoisotopic (exact) mass is 762 g/mol. The van der Waals surface area contributed by atoms with Gasteiger partial charge in [-0.1, -0.05) is 35.3 Å². The highest BCUT2D eigenvalue weighted by molar-refractivity contribution is 6.33. The molecule has 52 heavy (non-hydrogen) atoms. The van der Waals surface area contributed by atoms with Gasteiger partial charge in [-0.2, -0.15) is 0 Å². The number of hydrogen-bond acceptors (Lipinski definition) is 7. The van der Waals surface area contributed by atoms with Crippen molar-refractivity contribution < 1.29 is 33.1 Å². The van der Waals surface area contributed by atoms with Crippen LogP contribution in [0.15, 0.2) is 60.7 Å². The van der Waals surface area contributed by atoms with Crippen LogP contribution in [0.1, 0.15) is 39.2 Å². The summed E-state index contributed by atoms with van der Waals surface area (Å²) in [5.74, 6) is -1.56. The van der Waals surface area contributed by atoms with Crippen molar-refractivity contribution in [2.75, 3.05) is 55.0 Å². The molecule has 0 saturated carbocycles. The molecule has 2 aliphatic rings. The van der Waals surface area contributed by atoms with Crippen LogP contribution >= 0.6 is 23.2 Å². The topological polar surface area (TPSA) is 155 Å². The summed E-state index contributed by atoms with van der Waals surface area (Å²) in [7, 11) is 0. The van der Waals surface area contributed by atoms with E-state index in [0.29, 0.717) is 66.3 Å². The Balaban J connectivity index is 0.000000236. The lowest BCUT2D eigenvalue weighted by molar-refractivity contribution is -0.132. The number of nitrogens with two attached hydrogens (primary N) is 1. The number of hydrogen-bond donors (Lipinski definition) is 4. The molecule has 5 amide bonds. The molecule has 5 rings (SSSR count). The van der Waals surface area contributed by atoms with Crippen molar-refractivity contribution in [1.82, 2.24) is 25.6 Å². The van der Waals surface area contributed by atoms with Crippen molar-refractivity contribution in [3.63, 3.8) is 0 Å². The molecule has 0 bridgehead atoms. The largest absolute Gasteiger partial charge is 0.465 e. The summed E-state index contributed by atoms with van der Waals surface area (Å²) in [5, 5.41) is 21.4. The molecule has 5 N–H and O–H groups in total. The fraction of sp³-hybridized carbons (Fsp3) is 0.371. The van der Waals surface area contributed by atoms with E-state index in [9.17, 15) is 33.1 Å². The number of hydrazine groups is 2. The summed E-state index contributed by atoms with van der Waals surface area (Å²) < 4.78 is 27.1. The van der Waals surface area contributed by atoms with E-state index >= 15 is 0 Å². The highest BCUT2D eigenvalue weighted by atomic mass is 35.5. The maximum absolute atomic E-state index is 13.6. The van der Waals surface area contributed by atoms with Gasteiger partial charge in [-0.25, -0.2) is 18.4 Å².